The lowest BCUT2D eigenvalue weighted by molar-refractivity contribution is 0.770. The Kier molecular flexibility index (Phi) is 8.14. The molecule has 1 aliphatic carbocycles. The molecule has 1 nitrogen and oxygen atoms in total. The van der Waals surface area contributed by atoms with E-state index < -0.39 is 0 Å². The highest BCUT2D eigenvalue weighted by Gasteiger charge is 2.24. The van der Waals surface area contributed by atoms with E-state index in [0.717, 1.165) is 34.0 Å². The van der Waals surface area contributed by atoms with E-state index in [9.17, 15) is 0 Å². The van der Waals surface area contributed by atoms with Crippen molar-refractivity contribution in [3.63, 3.8) is 0 Å². The maximum atomic E-state index is 6.17. The van der Waals surface area contributed by atoms with E-state index in [2.05, 4.69) is 98.4 Å². The van der Waals surface area contributed by atoms with Crippen LogP contribution in [0.4, 0.5) is 0 Å². The molecule has 184 valence electrons. The van der Waals surface area contributed by atoms with Gasteiger partial charge in [-0.25, -0.2) is 4.98 Å². The Labute approximate surface area is 225 Å². The van der Waals surface area contributed by atoms with Crippen LogP contribution < -0.4 is 0 Å². The normalized spacial score (nSPS) is 14.7. The fraction of sp³-hybridized carbons (Fsp3) is 0.303. The molecule has 1 fully saturated rings. The SMILES string of the molecule is CC(C)c1ccccc1CCC(SCC1CC1)c1cccc(/C=C\c2ccc3ccc(Cl)cc3n2)c1. The summed E-state index contributed by atoms with van der Waals surface area (Å²) in [6.07, 6.45) is 9.39. The lowest BCUT2D eigenvalue weighted by Gasteiger charge is -2.19. The number of halogens is 1. The molecular weight excluding hydrogens is 478 g/mol. The fourth-order valence-electron chi connectivity index (χ4n) is 4.74. The smallest absolute Gasteiger partial charge is 0.0724 e. The molecule has 1 aromatic heterocycles. The average Bonchev–Trinajstić information content (AvgIpc) is 3.72. The van der Waals surface area contributed by atoms with Crippen LogP contribution >= 0.6 is 23.4 Å². The second-order valence-electron chi connectivity index (χ2n) is 10.2. The molecular formula is C33H34ClNS. The van der Waals surface area contributed by atoms with Gasteiger partial charge in [0.1, 0.15) is 0 Å². The van der Waals surface area contributed by atoms with E-state index >= 15 is 0 Å². The molecule has 1 heterocycles. The van der Waals surface area contributed by atoms with Gasteiger partial charge in [0.05, 0.1) is 11.2 Å². The Hall–Kier alpha value is -2.55. The lowest BCUT2D eigenvalue weighted by Crippen LogP contribution is -2.02. The minimum Gasteiger partial charge on any atom is -0.248 e. The minimum absolute atomic E-state index is 0.514. The van der Waals surface area contributed by atoms with Crippen molar-refractivity contribution >= 4 is 46.4 Å². The molecule has 3 heteroatoms. The van der Waals surface area contributed by atoms with Crippen molar-refractivity contribution in [1.29, 1.82) is 0 Å². The van der Waals surface area contributed by atoms with Gasteiger partial charge in [-0.1, -0.05) is 92.2 Å². The average molecular weight is 512 g/mol. The van der Waals surface area contributed by atoms with Gasteiger partial charge in [-0.2, -0.15) is 11.8 Å². The largest absolute Gasteiger partial charge is 0.248 e. The molecule has 3 aromatic carbocycles. The van der Waals surface area contributed by atoms with E-state index in [-0.39, 0.29) is 0 Å². The summed E-state index contributed by atoms with van der Waals surface area (Å²) in [4.78, 5) is 4.77. The first kappa shape index (κ1) is 25.1. The monoisotopic (exact) mass is 511 g/mol. The summed E-state index contributed by atoms with van der Waals surface area (Å²) >= 11 is 8.32. The summed E-state index contributed by atoms with van der Waals surface area (Å²) in [5.41, 5.74) is 7.52. The lowest BCUT2D eigenvalue weighted by atomic mass is 9.93. The van der Waals surface area contributed by atoms with E-state index in [1.165, 1.54) is 47.3 Å². The predicted octanol–water partition coefficient (Wildman–Crippen LogP) is 10.00. The zero-order valence-corrected chi connectivity index (χ0v) is 22.7. The van der Waals surface area contributed by atoms with Crippen LogP contribution in [0.15, 0.2) is 78.9 Å². The predicted molar refractivity (Wildman–Crippen MR) is 159 cm³/mol. The molecule has 1 saturated carbocycles. The molecule has 1 unspecified atom stereocenters. The molecule has 0 radical (unpaired) electrons. The van der Waals surface area contributed by atoms with E-state index in [1.54, 1.807) is 0 Å². The number of hydrogen-bond acceptors (Lipinski definition) is 2. The van der Waals surface area contributed by atoms with Gasteiger partial charge in [-0.15, -0.1) is 0 Å². The van der Waals surface area contributed by atoms with Crippen LogP contribution in [0.5, 0.6) is 0 Å². The van der Waals surface area contributed by atoms with Crippen LogP contribution in [-0.2, 0) is 6.42 Å². The topological polar surface area (TPSA) is 12.9 Å². The number of fused-ring (bicyclic) bond motifs is 1. The van der Waals surface area contributed by atoms with Crippen LogP contribution in [-0.4, -0.2) is 10.7 Å². The van der Waals surface area contributed by atoms with Crippen LogP contribution in [0, 0.1) is 5.92 Å². The summed E-state index contributed by atoms with van der Waals surface area (Å²) in [5, 5.41) is 2.34. The number of rotatable bonds is 10. The van der Waals surface area contributed by atoms with Gasteiger partial charge in [0.15, 0.2) is 0 Å². The van der Waals surface area contributed by atoms with E-state index in [4.69, 9.17) is 16.6 Å². The van der Waals surface area contributed by atoms with Crippen molar-refractivity contribution in [2.75, 3.05) is 5.75 Å². The quantitative estimate of drug-likeness (QED) is 0.210. The summed E-state index contributed by atoms with van der Waals surface area (Å²) < 4.78 is 0. The van der Waals surface area contributed by atoms with Crippen molar-refractivity contribution < 1.29 is 0 Å². The van der Waals surface area contributed by atoms with Crippen LogP contribution in [0.3, 0.4) is 0 Å². The van der Waals surface area contributed by atoms with Crippen molar-refractivity contribution in [2.24, 2.45) is 5.92 Å². The number of aryl methyl sites for hydroxylation is 1. The Balaban J connectivity index is 1.34. The first-order valence-electron chi connectivity index (χ1n) is 13.1. The molecule has 0 amide bonds. The fourth-order valence-corrected chi connectivity index (χ4v) is 6.37. The molecule has 5 rings (SSSR count). The standard InChI is InChI=1S/C33H34ClNS/c1-23(2)31-9-4-3-7-26(31)15-19-33(36-22-25-10-11-25)28-8-5-6-24(20-28)12-17-30-18-14-27-13-16-29(34)21-32(27)35-30/h3-9,12-14,16-18,20-21,23,25,33H,10-11,15,19,22H2,1-2H3/b17-12-. The number of pyridine rings is 1. The minimum atomic E-state index is 0.514. The second kappa shape index (κ2) is 11.7. The van der Waals surface area contributed by atoms with Crippen molar-refractivity contribution in [3.05, 3.63) is 112 Å². The van der Waals surface area contributed by atoms with Gasteiger partial charge in [0.25, 0.3) is 0 Å². The molecule has 0 spiro atoms. The zero-order valence-electron chi connectivity index (χ0n) is 21.2. The highest BCUT2D eigenvalue weighted by Crippen LogP contribution is 2.41. The van der Waals surface area contributed by atoms with E-state index in [1.807, 2.05) is 18.2 Å². The Morgan fingerprint density at radius 1 is 0.944 bits per heavy atom. The third-order valence-corrected chi connectivity index (χ3v) is 8.80. The summed E-state index contributed by atoms with van der Waals surface area (Å²) in [6, 6.07) is 28.1. The van der Waals surface area contributed by atoms with Gasteiger partial charge in [-0.05, 0) is 89.8 Å². The highest BCUT2D eigenvalue weighted by molar-refractivity contribution is 7.99. The maximum absolute atomic E-state index is 6.17. The van der Waals surface area contributed by atoms with E-state index in [0.29, 0.717) is 11.2 Å². The number of nitrogens with zero attached hydrogens (tertiary/aromatic N) is 1. The van der Waals surface area contributed by atoms with Crippen LogP contribution in [0.1, 0.15) is 72.2 Å². The Morgan fingerprint density at radius 3 is 2.61 bits per heavy atom. The number of aromatic nitrogens is 1. The summed E-state index contributed by atoms with van der Waals surface area (Å²) in [6.45, 7) is 4.60. The highest BCUT2D eigenvalue weighted by atomic mass is 35.5. The zero-order chi connectivity index (χ0) is 24.9. The molecule has 0 bridgehead atoms. The molecule has 0 aliphatic heterocycles. The number of benzene rings is 3. The van der Waals surface area contributed by atoms with Gasteiger partial charge in [0, 0.05) is 15.7 Å². The van der Waals surface area contributed by atoms with Crippen molar-refractivity contribution in [1.82, 2.24) is 4.98 Å². The summed E-state index contributed by atoms with van der Waals surface area (Å²) in [7, 11) is 0. The molecule has 4 aromatic rings. The third-order valence-electron chi connectivity index (χ3n) is 6.99. The molecule has 36 heavy (non-hydrogen) atoms. The Morgan fingerprint density at radius 2 is 1.78 bits per heavy atom. The molecule has 0 N–H and O–H groups in total. The van der Waals surface area contributed by atoms with Crippen molar-refractivity contribution in [2.45, 2.75) is 50.7 Å². The number of hydrogen-bond donors (Lipinski definition) is 0. The van der Waals surface area contributed by atoms with Crippen molar-refractivity contribution in [3.8, 4) is 0 Å². The number of thioether (sulfide) groups is 1. The molecule has 0 saturated heterocycles. The summed E-state index contributed by atoms with van der Waals surface area (Å²) in [5.74, 6) is 2.77. The van der Waals surface area contributed by atoms with Gasteiger partial charge in [-0.3, -0.25) is 0 Å². The Bertz CT molecular complexity index is 1350. The second-order valence-corrected chi connectivity index (χ2v) is 11.9. The third kappa shape index (κ3) is 6.60. The maximum Gasteiger partial charge on any atom is 0.0724 e. The van der Waals surface area contributed by atoms with Gasteiger partial charge in [0.2, 0.25) is 0 Å². The van der Waals surface area contributed by atoms with Gasteiger partial charge < -0.3 is 0 Å². The van der Waals surface area contributed by atoms with Gasteiger partial charge >= 0.3 is 0 Å². The first-order chi connectivity index (χ1) is 17.5. The van der Waals surface area contributed by atoms with Crippen LogP contribution in [0.25, 0.3) is 23.1 Å². The molecule has 1 atom stereocenters. The first-order valence-corrected chi connectivity index (χ1v) is 14.5. The van der Waals surface area contributed by atoms with Crippen LogP contribution in [0.2, 0.25) is 5.02 Å². The molecule has 1 aliphatic rings.